The van der Waals surface area contributed by atoms with Gasteiger partial charge < -0.3 is 10.6 Å². The molecule has 23 heavy (non-hydrogen) atoms. The van der Waals surface area contributed by atoms with Gasteiger partial charge in [0.1, 0.15) is 5.82 Å². The summed E-state index contributed by atoms with van der Waals surface area (Å²) in [5, 5.41) is 12.5. The quantitative estimate of drug-likeness (QED) is 0.695. The second-order valence-corrected chi connectivity index (χ2v) is 4.95. The molecule has 7 heteroatoms. The summed E-state index contributed by atoms with van der Waals surface area (Å²) in [5.74, 6) is -1.41. The van der Waals surface area contributed by atoms with Crippen LogP contribution in [0.3, 0.4) is 0 Å². The fourth-order valence-electron chi connectivity index (χ4n) is 2.22. The molecule has 116 valence electrons. The van der Waals surface area contributed by atoms with E-state index in [9.17, 15) is 14.0 Å². The van der Waals surface area contributed by atoms with Crippen molar-refractivity contribution in [2.75, 3.05) is 10.6 Å². The molecule has 3 aromatic rings. The molecule has 3 rings (SSSR count). The lowest BCUT2D eigenvalue weighted by molar-refractivity contribution is -0.114. The van der Waals surface area contributed by atoms with E-state index in [0.29, 0.717) is 11.1 Å². The summed E-state index contributed by atoms with van der Waals surface area (Å²) in [6, 6.07) is 11.2. The summed E-state index contributed by atoms with van der Waals surface area (Å²) in [6.45, 7) is 1.28. The first-order valence-electron chi connectivity index (χ1n) is 6.86. The molecule has 0 saturated carbocycles. The van der Waals surface area contributed by atoms with Gasteiger partial charge in [-0.25, -0.2) is 4.39 Å². The molecule has 0 aliphatic rings. The van der Waals surface area contributed by atoms with Crippen LogP contribution in [0.4, 0.5) is 15.8 Å². The Bertz CT molecular complexity index is 904. The minimum atomic E-state index is -0.580. The molecule has 2 amide bonds. The molecule has 6 nitrogen and oxygen atoms in total. The molecule has 1 aromatic heterocycles. The fourth-order valence-corrected chi connectivity index (χ4v) is 2.22. The molecule has 0 aliphatic carbocycles. The maximum atomic E-state index is 13.6. The number of nitrogens with one attached hydrogen (secondary N) is 3. The first-order chi connectivity index (χ1) is 11.0. The minimum absolute atomic E-state index is 0.00202. The number of hydrogen-bond donors (Lipinski definition) is 3. The average molecular weight is 312 g/mol. The number of benzene rings is 2. The molecular weight excluding hydrogens is 299 g/mol. The lowest BCUT2D eigenvalue weighted by atomic mass is 10.2. The van der Waals surface area contributed by atoms with Gasteiger partial charge in [0.2, 0.25) is 5.91 Å². The molecule has 0 bridgehead atoms. The van der Waals surface area contributed by atoms with E-state index in [2.05, 4.69) is 20.8 Å². The third-order valence-electron chi connectivity index (χ3n) is 3.22. The first kappa shape index (κ1) is 14.7. The molecule has 0 radical (unpaired) electrons. The van der Waals surface area contributed by atoms with Gasteiger partial charge in [-0.3, -0.25) is 14.7 Å². The number of aromatic nitrogens is 2. The smallest absolute Gasteiger partial charge is 0.276 e. The zero-order valence-corrected chi connectivity index (χ0v) is 12.2. The summed E-state index contributed by atoms with van der Waals surface area (Å²) in [7, 11) is 0. The van der Waals surface area contributed by atoms with Gasteiger partial charge in [0.15, 0.2) is 5.69 Å². The molecule has 0 aliphatic heterocycles. The van der Waals surface area contributed by atoms with E-state index < -0.39 is 17.6 Å². The van der Waals surface area contributed by atoms with Crippen LogP contribution >= 0.6 is 0 Å². The van der Waals surface area contributed by atoms with Gasteiger partial charge in [-0.05, 0) is 24.3 Å². The Hall–Kier alpha value is -3.22. The predicted octanol–water partition coefficient (Wildman–Crippen LogP) is 2.91. The molecular formula is C16H13FN4O2. The molecule has 0 fully saturated rings. The van der Waals surface area contributed by atoms with Crippen molar-refractivity contribution in [3.8, 4) is 0 Å². The number of carbonyl (C=O) groups is 2. The second-order valence-electron chi connectivity index (χ2n) is 4.95. The number of nitrogens with zero attached hydrogens (tertiary/aromatic N) is 1. The highest BCUT2D eigenvalue weighted by molar-refractivity contribution is 6.11. The molecule has 0 atom stereocenters. The van der Waals surface area contributed by atoms with E-state index in [1.807, 2.05) is 12.1 Å². The van der Waals surface area contributed by atoms with Gasteiger partial charge in [0.05, 0.1) is 11.2 Å². The van der Waals surface area contributed by atoms with Crippen LogP contribution in [0, 0.1) is 5.82 Å². The van der Waals surface area contributed by atoms with E-state index in [4.69, 9.17) is 0 Å². The van der Waals surface area contributed by atoms with Crippen molar-refractivity contribution in [2.45, 2.75) is 6.92 Å². The first-order valence-corrected chi connectivity index (χ1v) is 6.86. The minimum Gasteiger partial charge on any atom is -0.324 e. The van der Waals surface area contributed by atoms with Gasteiger partial charge in [-0.15, -0.1) is 0 Å². The van der Waals surface area contributed by atoms with Crippen molar-refractivity contribution >= 4 is 34.1 Å². The molecule has 0 saturated heterocycles. The Morgan fingerprint density at radius 3 is 2.70 bits per heavy atom. The Morgan fingerprint density at radius 2 is 1.91 bits per heavy atom. The van der Waals surface area contributed by atoms with E-state index in [0.717, 1.165) is 5.52 Å². The normalized spacial score (nSPS) is 10.5. The van der Waals surface area contributed by atoms with E-state index >= 15 is 0 Å². The summed E-state index contributed by atoms with van der Waals surface area (Å²) >= 11 is 0. The molecule has 0 spiro atoms. The number of para-hydroxylation sites is 1. The lowest BCUT2D eigenvalue weighted by Gasteiger charge is -2.08. The van der Waals surface area contributed by atoms with Crippen LogP contribution in [0.1, 0.15) is 17.4 Å². The summed E-state index contributed by atoms with van der Waals surface area (Å²) in [6.07, 6.45) is 0. The highest BCUT2D eigenvalue weighted by Crippen LogP contribution is 2.21. The van der Waals surface area contributed by atoms with Crippen LogP contribution < -0.4 is 10.6 Å². The van der Waals surface area contributed by atoms with Crippen molar-refractivity contribution in [2.24, 2.45) is 0 Å². The number of rotatable bonds is 3. The van der Waals surface area contributed by atoms with Gasteiger partial charge in [0, 0.05) is 18.0 Å². The molecule has 0 unspecified atom stereocenters. The molecule has 2 aromatic carbocycles. The number of hydrogen-bond acceptors (Lipinski definition) is 3. The number of anilines is 2. The second kappa shape index (κ2) is 5.88. The largest absolute Gasteiger partial charge is 0.324 e. The van der Waals surface area contributed by atoms with Gasteiger partial charge in [-0.2, -0.15) is 5.10 Å². The van der Waals surface area contributed by atoms with Gasteiger partial charge >= 0.3 is 0 Å². The topological polar surface area (TPSA) is 86.9 Å². The number of carbonyl (C=O) groups excluding carboxylic acids is 2. The van der Waals surface area contributed by atoms with E-state index in [1.165, 1.54) is 25.1 Å². The van der Waals surface area contributed by atoms with Crippen molar-refractivity contribution < 1.29 is 14.0 Å². The predicted molar refractivity (Wildman–Crippen MR) is 84.8 cm³/mol. The molecule has 3 N–H and O–H groups in total. The Kier molecular flexibility index (Phi) is 3.76. The van der Waals surface area contributed by atoms with Crippen LogP contribution in [-0.4, -0.2) is 22.0 Å². The highest BCUT2D eigenvalue weighted by atomic mass is 19.1. The standard InChI is InChI=1S/C16H13FN4O2/c1-9(22)18-14-8-10(6-7-12(14)17)19-16(23)15-11-4-2-3-5-13(11)20-21-15/h2-8H,1H3,(H,18,22)(H,19,23)(H,20,21). The van der Waals surface area contributed by atoms with Crippen LogP contribution in [0.15, 0.2) is 42.5 Å². The van der Waals surface area contributed by atoms with Crippen LogP contribution in [-0.2, 0) is 4.79 Å². The maximum absolute atomic E-state index is 13.6. The Morgan fingerprint density at radius 1 is 1.13 bits per heavy atom. The monoisotopic (exact) mass is 312 g/mol. The summed E-state index contributed by atoms with van der Waals surface area (Å²) in [5.41, 5.74) is 1.34. The van der Waals surface area contributed by atoms with E-state index in [-0.39, 0.29) is 11.4 Å². The number of amides is 2. The van der Waals surface area contributed by atoms with Crippen molar-refractivity contribution in [1.82, 2.24) is 10.2 Å². The summed E-state index contributed by atoms with van der Waals surface area (Å²) in [4.78, 5) is 23.4. The Balaban J connectivity index is 1.87. The van der Waals surface area contributed by atoms with Crippen LogP contribution in [0.25, 0.3) is 10.9 Å². The zero-order valence-electron chi connectivity index (χ0n) is 12.2. The SMILES string of the molecule is CC(=O)Nc1cc(NC(=O)c2n[nH]c3ccccc23)ccc1F. The van der Waals surface area contributed by atoms with Crippen LogP contribution in [0.2, 0.25) is 0 Å². The van der Waals surface area contributed by atoms with Crippen molar-refractivity contribution in [3.05, 3.63) is 54.0 Å². The third-order valence-corrected chi connectivity index (χ3v) is 3.22. The lowest BCUT2D eigenvalue weighted by Crippen LogP contribution is -2.14. The third kappa shape index (κ3) is 3.03. The fraction of sp³-hybridized carbons (Fsp3) is 0.0625. The number of fused-ring (bicyclic) bond motifs is 1. The average Bonchev–Trinajstić information content (AvgIpc) is 2.94. The van der Waals surface area contributed by atoms with Gasteiger partial charge in [0.25, 0.3) is 5.91 Å². The molecule has 1 heterocycles. The number of halogens is 1. The Labute approximate surface area is 130 Å². The van der Waals surface area contributed by atoms with Crippen LogP contribution in [0.5, 0.6) is 0 Å². The van der Waals surface area contributed by atoms with Gasteiger partial charge in [-0.1, -0.05) is 18.2 Å². The summed E-state index contributed by atoms with van der Waals surface area (Å²) < 4.78 is 13.6. The van der Waals surface area contributed by atoms with E-state index in [1.54, 1.807) is 12.1 Å². The maximum Gasteiger partial charge on any atom is 0.276 e. The number of aromatic amines is 1. The van der Waals surface area contributed by atoms with Crippen molar-refractivity contribution in [1.29, 1.82) is 0 Å². The highest BCUT2D eigenvalue weighted by Gasteiger charge is 2.15. The number of H-pyrrole nitrogens is 1. The zero-order chi connectivity index (χ0) is 16.4. The van der Waals surface area contributed by atoms with Crippen molar-refractivity contribution in [3.63, 3.8) is 0 Å².